The van der Waals surface area contributed by atoms with E-state index in [9.17, 15) is 0 Å². The molecule has 2 aromatic rings. The summed E-state index contributed by atoms with van der Waals surface area (Å²) in [5, 5.41) is 6.55. The first-order chi connectivity index (χ1) is 9.61. The lowest BCUT2D eigenvalue weighted by Crippen LogP contribution is -2.41. The Labute approximate surface area is 143 Å². The minimum atomic E-state index is 0. The highest BCUT2D eigenvalue weighted by Gasteiger charge is 2.07. The second-order valence-corrected chi connectivity index (χ2v) is 5.07. The molecule has 5 nitrogen and oxygen atoms in total. The molecular weight excluding hydrogens is 377 g/mol. The van der Waals surface area contributed by atoms with Crippen molar-refractivity contribution in [1.29, 1.82) is 0 Å². The lowest BCUT2D eigenvalue weighted by Gasteiger charge is -2.13. The van der Waals surface area contributed by atoms with Crippen LogP contribution >= 0.6 is 24.0 Å². The van der Waals surface area contributed by atoms with Gasteiger partial charge in [0.15, 0.2) is 5.96 Å². The lowest BCUT2D eigenvalue weighted by molar-refractivity contribution is 0.696. The molecule has 0 spiro atoms. The number of aryl methyl sites for hydroxylation is 1. The molecule has 0 aliphatic heterocycles. The molecule has 21 heavy (non-hydrogen) atoms. The van der Waals surface area contributed by atoms with Gasteiger partial charge in [-0.05, 0) is 32.9 Å². The predicted octanol–water partition coefficient (Wildman–Crippen LogP) is 2.65. The number of nitrogens with one attached hydrogen (secondary N) is 2. The number of hydrogen-bond acceptors (Lipinski definition) is 2. The molecule has 2 N–H and O–H groups in total. The van der Waals surface area contributed by atoms with Crippen LogP contribution in [0.3, 0.4) is 0 Å². The second kappa shape index (κ2) is 8.21. The van der Waals surface area contributed by atoms with Crippen molar-refractivity contribution in [1.82, 2.24) is 20.2 Å². The van der Waals surface area contributed by atoms with E-state index in [4.69, 9.17) is 0 Å². The normalized spacial score (nSPS) is 11.6. The second-order valence-electron chi connectivity index (χ2n) is 5.07. The number of fused-ring (bicyclic) bond motifs is 1. The number of halogens is 1. The third-order valence-electron chi connectivity index (χ3n) is 3.03. The predicted molar refractivity (Wildman–Crippen MR) is 99.2 cm³/mol. The van der Waals surface area contributed by atoms with Gasteiger partial charge in [-0.15, -0.1) is 24.0 Å². The first-order valence-electron chi connectivity index (χ1n) is 7.07. The number of guanidine groups is 1. The molecule has 0 aliphatic rings. The van der Waals surface area contributed by atoms with Gasteiger partial charge >= 0.3 is 0 Å². The van der Waals surface area contributed by atoms with Crippen LogP contribution in [-0.2, 0) is 13.6 Å². The molecule has 2 rings (SSSR count). The van der Waals surface area contributed by atoms with Crippen molar-refractivity contribution in [3.8, 4) is 0 Å². The summed E-state index contributed by atoms with van der Waals surface area (Å²) in [4.78, 5) is 9.21. The van der Waals surface area contributed by atoms with Gasteiger partial charge in [-0.25, -0.2) is 9.98 Å². The van der Waals surface area contributed by atoms with Gasteiger partial charge in [0.05, 0.1) is 11.0 Å². The molecule has 0 fully saturated rings. The van der Waals surface area contributed by atoms with Crippen molar-refractivity contribution < 1.29 is 0 Å². The van der Waals surface area contributed by atoms with Crippen LogP contribution in [0.4, 0.5) is 0 Å². The zero-order valence-electron chi connectivity index (χ0n) is 13.1. The Morgan fingerprint density at radius 2 is 2.05 bits per heavy atom. The molecule has 0 unspecified atom stereocenters. The molecule has 0 radical (unpaired) electrons. The summed E-state index contributed by atoms with van der Waals surface area (Å²) in [5.74, 6) is 1.79. The summed E-state index contributed by atoms with van der Waals surface area (Å²) in [6.45, 7) is 7.67. The van der Waals surface area contributed by atoms with Gasteiger partial charge in [0.25, 0.3) is 0 Å². The summed E-state index contributed by atoms with van der Waals surface area (Å²) in [6.07, 6.45) is 0. The molecule has 1 aromatic carbocycles. The molecule has 6 heteroatoms. The maximum absolute atomic E-state index is 4.62. The Bertz CT molecular complexity index is 603. The zero-order chi connectivity index (χ0) is 14.5. The van der Waals surface area contributed by atoms with Crippen LogP contribution in [0, 0.1) is 0 Å². The number of imidazole rings is 1. The minimum Gasteiger partial charge on any atom is -0.357 e. The summed E-state index contributed by atoms with van der Waals surface area (Å²) < 4.78 is 2.10. The Morgan fingerprint density at radius 1 is 1.33 bits per heavy atom. The Hall–Kier alpha value is -1.31. The van der Waals surface area contributed by atoms with Crippen molar-refractivity contribution in [2.24, 2.45) is 12.0 Å². The molecule has 0 aliphatic carbocycles. The highest BCUT2D eigenvalue weighted by atomic mass is 127. The molecule has 0 saturated heterocycles. The SMILES string of the molecule is CCNC(=NCc1nc2ccccc2n1C)NC(C)C.I. The first kappa shape index (κ1) is 17.7. The standard InChI is InChI=1S/C15H23N5.HI/c1-5-16-15(18-11(2)3)17-10-14-19-12-8-6-7-9-13(12)20(14)4;/h6-9,11H,5,10H2,1-4H3,(H2,16,17,18);1H. The van der Waals surface area contributed by atoms with Gasteiger partial charge in [0, 0.05) is 19.6 Å². The van der Waals surface area contributed by atoms with Crippen molar-refractivity contribution in [3.63, 3.8) is 0 Å². The number of rotatable bonds is 4. The molecule has 1 heterocycles. The maximum Gasteiger partial charge on any atom is 0.191 e. The zero-order valence-corrected chi connectivity index (χ0v) is 15.4. The minimum absolute atomic E-state index is 0. The fourth-order valence-corrected chi connectivity index (χ4v) is 2.08. The highest BCUT2D eigenvalue weighted by Crippen LogP contribution is 2.14. The van der Waals surface area contributed by atoms with E-state index >= 15 is 0 Å². The first-order valence-corrected chi connectivity index (χ1v) is 7.07. The molecule has 0 amide bonds. The van der Waals surface area contributed by atoms with E-state index in [-0.39, 0.29) is 24.0 Å². The van der Waals surface area contributed by atoms with Crippen molar-refractivity contribution >= 4 is 41.0 Å². The van der Waals surface area contributed by atoms with Crippen molar-refractivity contribution in [2.75, 3.05) is 6.54 Å². The van der Waals surface area contributed by atoms with Crippen LogP contribution < -0.4 is 10.6 Å². The van der Waals surface area contributed by atoms with Crippen LogP contribution in [0.15, 0.2) is 29.3 Å². The smallest absolute Gasteiger partial charge is 0.191 e. The van der Waals surface area contributed by atoms with Crippen LogP contribution in [0.2, 0.25) is 0 Å². The number of aromatic nitrogens is 2. The lowest BCUT2D eigenvalue weighted by atomic mass is 10.3. The van der Waals surface area contributed by atoms with E-state index in [1.54, 1.807) is 0 Å². The summed E-state index contributed by atoms with van der Waals surface area (Å²) >= 11 is 0. The van der Waals surface area contributed by atoms with E-state index in [1.165, 1.54) is 0 Å². The summed E-state index contributed by atoms with van der Waals surface area (Å²) in [6, 6.07) is 8.50. The number of aliphatic imine (C=N–C) groups is 1. The van der Waals surface area contributed by atoms with Gasteiger partial charge in [0.2, 0.25) is 0 Å². The summed E-state index contributed by atoms with van der Waals surface area (Å²) in [5.41, 5.74) is 2.15. The Morgan fingerprint density at radius 3 is 2.67 bits per heavy atom. The van der Waals surface area contributed by atoms with Gasteiger partial charge in [-0.2, -0.15) is 0 Å². The number of nitrogens with zero attached hydrogens (tertiary/aromatic N) is 3. The quantitative estimate of drug-likeness (QED) is 0.471. The average Bonchev–Trinajstić information content (AvgIpc) is 2.73. The molecule has 0 bridgehead atoms. The molecular formula is C15H24IN5. The molecule has 1 aromatic heterocycles. The van der Waals surface area contributed by atoms with E-state index in [0.29, 0.717) is 12.6 Å². The van der Waals surface area contributed by atoms with E-state index < -0.39 is 0 Å². The molecule has 116 valence electrons. The monoisotopic (exact) mass is 401 g/mol. The fraction of sp³-hybridized carbons (Fsp3) is 0.467. The fourth-order valence-electron chi connectivity index (χ4n) is 2.08. The maximum atomic E-state index is 4.62. The van der Waals surface area contributed by atoms with E-state index in [1.807, 2.05) is 25.2 Å². The third kappa shape index (κ3) is 4.59. The number of para-hydroxylation sites is 2. The van der Waals surface area contributed by atoms with Crippen LogP contribution in [0.25, 0.3) is 11.0 Å². The molecule has 0 atom stereocenters. The Balaban J connectivity index is 0.00000220. The number of hydrogen-bond donors (Lipinski definition) is 2. The Kier molecular flexibility index (Phi) is 6.94. The van der Waals surface area contributed by atoms with Crippen LogP contribution in [-0.4, -0.2) is 28.1 Å². The van der Waals surface area contributed by atoms with Crippen LogP contribution in [0.5, 0.6) is 0 Å². The average molecular weight is 401 g/mol. The number of benzene rings is 1. The largest absolute Gasteiger partial charge is 0.357 e. The van der Waals surface area contributed by atoms with Crippen molar-refractivity contribution in [2.45, 2.75) is 33.4 Å². The van der Waals surface area contributed by atoms with E-state index in [2.05, 4.69) is 52.0 Å². The van der Waals surface area contributed by atoms with E-state index in [0.717, 1.165) is 29.4 Å². The van der Waals surface area contributed by atoms with Gasteiger partial charge in [0.1, 0.15) is 12.4 Å². The van der Waals surface area contributed by atoms with Gasteiger partial charge in [-0.1, -0.05) is 12.1 Å². The molecule has 0 saturated carbocycles. The topological polar surface area (TPSA) is 54.2 Å². The van der Waals surface area contributed by atoms with Gasteiger partial charge < -0.3 is 15.2 Å². The van der Waals surface area contributed by atoms with Gasteiger partial charge in [-0.3, -0.25) is 0 Å². The van der Waals surface area contributed by atoms with Crippen molar-refractivity contribution in [3.05, 3.63) is 30.1 Å². The highest BCUT2D eigenvalue weighted by molar-refractivity contribution is 14.0. The third-order valence-corrected chi connectivity index (χ3v) is 3.03. The summed E-state index contributed by atoms with van der Waals surface area (Å²) in [7, 11) is 2.03. The van der Waals surface area contributed by atoms with Crippen LogP contribution in [0.1, 0.15) is 26.6 Å².